The molecule has 0 saturated heterocycles. The molecule has 0 aliphatic heterocycles. The van der Waals surface area contributed by atoms with Crippen LogP contribution in [0.2, 0.25) is 0 Å². The number of carbonyl (C=O) groups is 1. The molecular weight excluding hydrogens is 188 g/mol. The van der Waals surface area contributed by atoms with Gasteiger partial charge in [-0.2, -0.15) is 0 Å². The van der Waals surface area contributed by atoms with Crippen molar-refractivity contribution < 1.29 is 9.53 Å². The summed E-state index contributed by atoms with van der Waals surface area (Å²) in [5.41, 5.74) is 8.50. The molecule has 0 fully saturated rings. The van der Waals surface area contributed by atoms with Crippen LogP contribution in [-0.4, -0.2) is 13.1 Å². The van der Waals surface area contributed by atoms with Crippen LogP contribution in [0.5, 0.6) is 5.75 Å². The predicted octanol–water partition coefficient (Wildman–Crippen LogP) is 1.01. The van der Waals surface area contributed by atoms with Crippen molar-refractivity contribution in [2.24, 2.45) is 11.5 Å². The summed E-state index contributed by atoms with van der Waals surface area (Å²) in [6.45, 7) is 0. The summed E-state index contributed by atoms with van der Waals surface area (Å²) in [6, 6.07) is 6.73. The summed E-state index contributed by atoms with van der Waals surface area (Å²) in [5, 5.41) is 0. The van der Waals surface area contributed by atoms with Gasteiger partial charge < -0.3 is 16.2 Å². The Kier molecular flexibility index (Phi) is 5.54. The second-order valence-electron chi connectivity index (χ2n) is 2.10. The number of thiol groups is 1. The number of amides is 2. The molecule has 13 heavy (non-hydrogen) atoms. The average molecular weight is 200 g/mol. The van der Waals surface area contributed by atoms with Crippen molar-refractivity contribution in [2.45, 2.75) is 4.90 Å². The van der Waals surface area contributed by atoms with Crippen LogP contribution in [0.25, 0.3) is 0 Å². The lowest BCUT2D eigenvalue weighted by molar-refractivity contribution is 0.256. The number of hydrogen-bond donors (Lipinski definition) is 3. The van der Waals surface area contributed by atoms with Crippen LogP contribution in [0, 0.1) is 0 Å². The number of ether oxygens (including phenoxy) is 1. The van der Waals surface area contributed by atoms with E-state index < -0.39 is 6.03 Å². The third kappa shape index (κ3) is 7.02. The van der Waals surface area contributed by atoms with Crippen molar-refractivity contribution in [2.75, 3.05) is 7.11 Å². The maximum absolute atomic E-state index is 9.00. The molecular formula is C8H12N2O2S. The Morgan fingerprint density at radius 3 is 2.31 bits per heavy atom. The molecule has 0 aromatic heterocycles. The molecule has 5 heteroatoms. The van der Waals surface area contributed by atoms with Gasteiger partial charge in [0.1, 0.15) is 5.75 Å². The molecule has 0 atom stereocenters. The zero-order chi connectivity index (χ0) is 10.3. The van der Waals surface area contributed by atoms with E-state index >= 15 is 0 Å². The summed E-state index contributed by atoms with van der Waals surface area (Å²) in [5.74, 6) is 0.850. The number of hydrogen-bond acceptors (Lipinski definition) is 3. The SMILES string of the molecule is COc1cccc(S)c1.NC(N)=O. The number of methoxy groups -OCH3 is 1. The zero-order valence-corrected chi connectivity index (χ0v) is 8.12. The second kappa shape index (κ2) is 6.19. The Morgan fingerprint density at radius 1 is 1.46 bits per heavy atom. The Bertz CT molecular complexity index is 275. The van der Waals surface area contributed by atoms with Crippen LogP contribution >= 0.6 is 12.6 Å². The van der Waals surface area contributed by atoms with E-state index in [9.17, 15) is 0 Å². The number of carbonyl (C=O) groups excluding carboxylic acids is 1. The van der Waals surface area contributed by atoms with E-state index in [0.29, 0.717) is 0 Å². The molecule has 0 bridgehead atoms. The molecule has 0 aliphatic carbocycles. The van der Waals surface area contributed by atoms with E-state index in [4.69, 9.17) is 9.53 Å². The highest BCUT2D eigenvalue weighted by Gasteiger charge is 1.87. The summed E-state index contributed by atoms with van der Waals surface area (Å²) in [6.07, 6.45) is 0. The molecule has 1 rings (SSSR count). The minimum absolute atomic E-state index is 0.833. The lowest BCUT2D eigenvalue weighted by atomic mass is 10.3. The van der Waals surface area contributed by atoms with Crippen LogP contribution in [0.3, 0.4) is 0 Å². The number of rotatable bonds is 1. The largest absolute Gasteiger partial charge is 0.497 e. The fourth-order valence-corrected chi connectivity index (χ4v) is 0.824. The Balaban J connectivity index is 0.000000310. The molecule has 0 saturated carbocycles. The van der Waals surface area contributed by atoms with Crippen molar-refractivity contribution in [1.82, 2.24) is 0 Å². The lowest BCUT2D eigenvalue weighted by Gasteiger charge is -1.97. The van der Waals surface area contributed by atoms with Gasteiger partial charge in [-0.05, 0) is 18.2 Å². The first-order valence-electron chi connectivity index (χ1n) is 3.44. The standard InChI is InChI=1S/C7H8OS.CH4N2O/c1-8-6-3-2-4-7(9)5-6;2-1(3)4/h2-5,9H,1H3;(H4,2,3,4). The fourth-order valence-electron chi connectivity index (χ4n) is 0.610. The van der Waals surface area contributed by atoms with E-state index in [-0.39, 0.29) is 0 Å². The van der Waals surface area contributed by atoms with Crippen molar-refractivity contribution in [3.8, 4) is 5.75 Å². The van der Waals surface area contributed by atoms with Gasteiger partial charge in [0.15, 0.2) is 0 Å². The van der Waals surface area contributed by atoms with E-state index in [0.717, 1.165) is 10.6 Å². The summed E-state index contributed by atoms with van der Waals surface area (Å²) in [4.78, 5) is 9.93. The van der Waals surface area contributed by atoms with Crippen molar-refractivity contribution in [3.05, 3.63) is 24.3 Å². The van der Waals surface area contributed by atoms with Crippen LogP contribution in [0.4, 0.5) is 4.79 Å². The first-order chi connectivity index (χ1) is 6.06. The van der Waals surface area contributed by atoms with Crippen molar-refractivity contribution >= 4 is 18.7 Å². The Morgan fingerprint density at radius 2 is 2.00 bits per heavy atom. The Labute approximate surface area is 82.3 Å². The maximum Gasteiger partial charge on any atom is 0.309 e. The normalized spacial score (nSPS) is 8.15. The molecule has 1 aromatic carbocycles. The van der Waals surface area contributed by atoms with Gasteiger partial charge >= 0.3 is 6.03 Å². The molecule has 0 unspecified atom stereocenters. The molecule has 4 N–H and O–H groups in total. The average Bonchev–Trinajstić information content (AvgIpc) is 2.03. The van der Waals surface area contributed by atoms with Gasteiger partial charge in [-0.25, -0.2) is 4.79 Å². The minimum Gasteiger partial charge on any atom is -0.497 e. The van der Waals surface area contributed by atoms with E-state index in [1.165, 1.54) is 0 Å². The molecule has 0 radical (unpaired) electrons. The summed E-state index contributed by atoms with van der Waals surface area (Å²) >= 11 is 4.13. The Hall–Kier alpha value is -1.36. The van der Waals surface area contributed by atoms with E-state index in [1.807, 2.05) is 24.3 Å². The van der Waals surface area contributed by atoms with Crippen molar-refractivity contribution in [1.29, 1.82) is 0 Å². The molecule has 1 aromatic rings. The highest BCUT2D eigenvalue weighted by atomic mass is 32.1. The van der Waals surface area contributed by atoms with Crippen LogP contribution < -0.4 is 16.2 Å². The van der Waals surface area contributed by atoms with E-state index in [2.05, 4.69) is 24.1 Å². The number of urea groups is 1. The third-order valence-electron chi connectivity index (χ3n) is 1.05. The topological polar surface area (TPSA) is 78.3 Å². The first kappa shape index (κ1) is 11.6. The smallest absolute Gasteiger partial charge is 0.309 e. The summed E-state index contributed by atoms with van der Waals surface area (Å²) < 4.78 is 4.95. The van der Waals surface area contributed by atoms with Crippen LogP contribution in [0.1, 0.15) is 0 Å². The second-order valence-corrected chi connectivity index (χ2v) is 2.62. The van der Waals surface area contributed by atoms with Gasteiger partial charge in [0, 0.05) is 4.90 Å². The quantitative estimate of drug-likeness (QED) is 0.591. The molecule has 4 nitrogen and oxygen atoms in total. The highest BCUT2D eigenvalue weighted by Crippen LogP contribution is 2.14. The zero-order valence-electron chi connectivity index (χ0n) is 7.23. The van der Waals surface area contributed by atoms with Gasteiger partial charge in [-0.1, -0.05) is 6.07 Å². The fraction of sp³-hybridized carbons (Fsp3) is 0.125. The predicted molar refractivity (Wildman–Crippen MR) is 54.0 cm³/mol. The first-order valence-corrected chi connectivity index (χ1v) is 3.89. The number of nitrogens with two attached hydrogens (primary N) is 2. The monoisotopic (exact) mass is 200 g/mol. The lowest BCUT2D eigenvalue weighted by Crippen LogP contribution is -2.18. The van der Waals surface area contributed by atoms with Gasteiger partial charge in [-0.3, -0.25) is 0 Å². The van der Waals surface area contributed by atoms with Gasteiger partial charge in [-0.15, -0.1) is 12.6 Å². The number of benzene rings is 1. The summed E-state index contributed by atoms with van der Waals surface area (Å²) in [7, 11) is 1.64. The van der Waals surface area contributed by atoms with Crippen molar-refractivity contribution in [3.63, 3.8) is 0 Å². The highest BCUT2D eigenvalue weighted by molar-refractivity contribution is 7.80. The molecule has 72 valence electrons. The van der Waals surface area contributed by atoms with Gasteiger partial charge in [0.25, 0.3) is 0 Å². The number of primary amides is 2. The van der Waals surface area contributed by atoms with Gasteiger partial charge in [0.2, 0.25) is 0 Å². The third-order valence-corrected chi connectivity index (χ3v) is 1.33. The molecule has 0 heterocycles. The molecule has 2 amide bonds. The van der Waals surface area contributed by atoms with Gasteiger partial charge in [0.05, 0.1) is 7.11 Å². The molecule has 0 aliphatic rings. The van der Waals surface area contributed by atoms with Crippen LogP contribution in [0.15, 0.2) is 29.2 Å². The maximum atomic E-state index is 9.00. The minimum atomic E-state index is -0.833. The van der Waals surface area contributed by atoms with E-state index in [1.54, 1.807) is 7.11 Å². The molecule has 0 spiro atoms. The van der Waals surface area contributed by atoms with Crippen LogP contribution in [-0.2, 0) is 0 Å².